The van der Waals surface area contributed by atoms with Gasteiger partial charge in [-0.2, -0.15) is 0 Å². The van der Waals surface area contributed by atoms with Gasteiger partial charge in [0.15, 0.2) is 0 Å². The van der Waals surface area contributed by atoms with Gasteiger partial charge in [-0.25, -0.2) is 4.39 Å². The van der Waals surface area contributed by atoms with E-state index >= 15 is 0 Å². The van der Waals surface area contributed by atoms with E-state index in [-0.39, 0.29) is 11.9 Å². The molecular formula is C14H14BrFN2O. The lowest BCUT2D eigenvalue weighted by Gasteiger charge is -2.10. The van der Waals surface area contributed by atoms with Crippen molar-refractivity contribution in [3.8, 4) is 11.5 Å². The Labute approximate surface area is 119 Å². The van der Waals surface area contributed by atoms with Gasteiger partial charge < -0.3 is 10.5 Å². The van der Waals surface area contributed by atoms with E-state index < -0.39 is 0 Å². The molecule has 2 rings (SSSR count). The fourth-order valence-corrected chi connectivity index (χ4v) is 2.00. The Morgan fingerprint density at radius 1 is 1.37 bits per heavy atom. The number of rotatable bonds is 4. The first-order chi connectivity index (χ1) is 9.10. The highest BCUT2D eigenvalue weighted by molar-refractivity contribution is 9.10. The van der Waals surface area contributed by atoms with Gasteiger partial charge in [0.25, 0.3) is 0 Å². The lowest BCUT2D eigenvalue weighted by molar-refractivity contribution is 0.474. The quantitative estimate of drug-likeness (QED) is 0.917. The van der Waals surface area contributed by atoms with E-state index in [0.29, 0.717) is 16.0 Å². The third kappa shape index (κ3) is 3.52. The van der Waals surface area contributed by atoms with Crippen LogP contribution in [0.1, 0.15) is 25.1 Å². The summed E-state index contributed by atoms with van der Waals surface area (Å²) in [7, 11) is 0. The van der Waals surface area contributed by atoms with Crippen LogP contribution in [-0.2, 0) is 0 Å². The fourth-order valence-electron chi connectivity index (χ4n) is 1.57. The largest absolute Gasteiger partial charge is 0.455 e. The van der Waals surface area contributed by atoms with Gasteiger partial charge in [0.2, 0.25) is 0 Å². The van der Waals surface area contributed by atoms with Crippen molar-refractivity contribution in [2.24, 2.45) is 5.73 Å². The van der Waals surface area contributed by atoms with Crippen molar-refractivity contribution in [2.45, 2.75) is 19.4 Å². The molecule has 0 aliphatic rings. The zero-order valence-corrected chi connectivity index (χ0v) is 12.0. The molecule has 0 saturated carbocycles. The molecule has 0 amide bonds. The lowest BCUT2D eigenvalue weighted by Crippen LogP contribution is -2.10. The third-order valence-corrected chi connectivity index (χ3v) is 3.32. The summed E-state index contributed by atoms with van der Waals surface area (Å²) in [6.45, 7) is 2.01. The number of benzene rings is 1. The second-order valence-electron chi connectivity index (χ2n) is 4.11. The van der Waals surface area contributed by atoms with E-state index in [9.17, 15) is 4.39 Å². The molecule has 100 valence electrons. The van der Waals surface area contributed by atoms with Crippen molar-refractivity contribution >= 4 is 15.9 Å². The van der Waals surface area contributed by atoms with Crippen LogP contribution in [0.15, 0.2) is 41.0 Å². The molecule has 1 atom stereocenters. The average molecular weight is 325 g/mol. The summed E-state index contributed by atoms with van der Waals surface area (Å²) in [5.74, 6) is 0.803. The number of nitrogens with zero attached hydrogens (tertiary/aromatic N) is 1. The van der Waals surface area contributed by atoms with Crippen molar-refractivity contribution < 1.29 is 9.13 Å². The minimum Gasteiger partial charge on any atom is -0.455 e. The number of ether oxygens (including phenoxy) is 1. The van der Waals surface area contributed by atoms with Crippen LogP contribution in [0.25, 0.3) is 0 Å². The van der Waals surface area contributed by atoms with Gasteiger partial charge in [0, 0.05) is 6.04 Å². The molecule has 1 heterocycles. The predicted octanol–water partition coefficient (Wildman–Crippen LogP) is 4.19. The summed E-state index contributed by atoms with van der Waals surface area (Å²) in [5.41, 5.74) is 6.71. The highest BCUT2D eigenvalue weighted by Gasteiger charge is 2.07. The SMILES string of the molecule is CC[C@@H](N)c1ccc(Oc2ccc(F)cc2Br)cn1. The minimum atomic E-state index is -0.318. The van der Waals surface area contributed by atoms with Crippen molar-refractivity contribution in [3.63, 3.8) is 0 Å². The van der Waals surface area contributed by atoms with E-state index in [1.165, 1.54) is 12.1 Å². The van der Waals surface area contributed by atoms with Crippen molar-refractivity contribution in [3.05, 3.63) is 52.5 Å². The van der Waals surface area contributed by atoms with Crippen molar-refractivity contribution in [1.29, 1.82) is 0 Å². The lowest BCUT2D eigenvalue weighted by atomic mass is 10.1. The van der Waals surface area contributed by atoms with E-state index in [0.717, 1.165) is 12.1 Å². The molecule has 2 N–H and O–H groups in total. The maximum absolute atomic E-state index is 13.0. The molecule has 1 aromatic carbocycles. The van der Waals surface area contributed by atoms with Crippen LogP contribution in [0.3, 0.4) is 0 Å². The Kier molecular flexibility index (Phi) is 4.50. The minimum absolute atomic E-state index is 0.0633. The highest BCUT2D eigenvalue weighted by atomic mass is 79.9. The van der Waals surface area contributed by atoms with Gasteiger partial charge in [0.1, 0.15) is 17.3 Å². The average Bonchev–Trinajstić information content (AvgIpc) is 2.42. The molecule has 0 aliphatic carbocycles. The molecule has 0 radical (unpaired) electrons. The monoisotopic (exact) mass is 324 g/mol. The first kappa shape index (κ1) is 14.0. The number of hydrogen-bond donors (Lipinski definition) is 1. The van der Waals surface area contributed by atoms with Gasteiger partial charge in [-0.3, -0.25) is 4.98 Å². The van der Waals surface area contributed by atoms with Crippen LogP contribution in [0.2, 0.25) is 0 Å². The molecule has 0 aliphatic heterocycles. The smallest absolute Gasteiger partial charge is 0.145 e. The van der Waals surface area contributed by atoms with E-state index in [2.05, 4.69) is 20.9 Å². The Morgan fingerprint density at radius 3 is 2.74 bits per heavy atom. The second kappa shape index (κ2) is 6.12. The third-order valence-electron chi connectivity index (χ3n) is 2.70. The maximum Gasteiger partial charge on any atom is 0.145 e. The Balaban J connectivity index is 2.15. The molecule has 3 nitrogen and oxygen atoms in total. The molecule has 0 bridgehead atoms. The summed E-state index contributed by atoms with van der Waals surface area (Å²) in [5, 5.41) is 0. The number of halogens is 2. The molecule has 1 aromatic heterocycles. The fraction of sp³-hybridized carbons (Fsp3) is 0.214. The molecular weight excluding hydrogens is 311 g/mol. The predicted molar refractivity (Wildman–Crippen MR) is 75.6 cm³/mol. The zero-order valence-electron chi connectivity index (χ0n) is 10.4. The first-order valence-corrected chi connectivity index (χ1v) is 6.74. The van der Waals surface area contributed by atoms with E-state index in [1.807, 2.05) is 13.0 Å². The molecule has 5 heteroatoms. The highest BCUT2D eigenvalue weighted by Crippen LogP contribution is 2.30. The Bertz CT molecular complexity index is 560. The summed E-state index contributed by atoms with van der Waals surface area (Å²) in [6.07, 6.45) is 2.44. The molecule has 2 aromatic rings. The number of aromatic nitrogens is 1. The van der Waals surface area contributed by atoms with Crippen LogP contribution in [0.4, 0.5) is 4.39 Å². The van der Waals surface area contributed by atoms with Crippen molar-refractivity contribution in [2.75, 3.05) is 0 Å². The van der Waals surface area contributed by atoms with Crippen LogP contribution in [0, 0.1) is 5.82 Å². The van der Waals surface area contributed by atoms with Gasteiger partial charge in [-0.15, -0.1) is 0 Å². The zero-order chi connectivity index (χ0) is 13.8. The maximum atomic E-state index is 13.0. The Morgan fingerprint density at radius 2 is 2.16 bits per heavy atom. The molecule has 0 spiro atoms. The Hall–Kier alpha value is -1.46. The molecule has 0 saturated heterocycles. The molecule has 19 heavy (non-hydrogen) atoms. The second-order valence-corrected chi connectivity index (χ2v) is 4.96. The van der Waals surface area contributed by atoms with Crippen LogP contribution in [-0.4, -0.2) is 4.98 Å². The van der Waals surface area contributed by atoms with E-state index in [4.69, 9.17) is 10.5 Å². The summed E-state index contributed by atoms with van der Waals surface area (Å²) in [4.78, 5) is 4.25. The van der Waals surface area contributed by atoms with Crippen LogP contribution >= 0.6 is 15.9 Å². The van der Waals surface area contributed by atoms with Crippen LogP contribution < -0.4 is 10.5 Å². The molecule has 0 fully saturated rings. The van der Waals surface area contributed by atoms with E-state index in [1.54, 1.807) is 18.3 Å². The van der Waals surface area contributed by atoms with Gasteiger partial charge >= 0.3 is 0 Å². The topological polar surface area (TPSA) is 48.1 Å². The molecule has 0 unspecified atom stereocenters. The van der Waals surface area contributed by atoms with Crippen molar-refractivity contribution in [1.82, 2.24) is 4.98 Å². The number of hydrogen-bond acceptors (Lipinski definition) is 3. The first-order valence-electron chi connectivity index (χ1n) is 5.94. The van der Waals surface area contributed by atoms with Gasteiger partial charge in [0.05, 0.1) is 16.4 Å². The normalized spacial score (nSPS) is 12.2. The summed E-state index contributed by atoms with van der Waals surface area (Å²) < 4.78 is 19.1. The van der Waals surface area contributed by atoms with Gasteiger partial charge in [-0.05, 0) is 52.7 Å². The summed E-state index contributed by atoms with van der Waals surface area (Å²) in [6, 6.07) is 7.82. The van der Waals surface area contributed by atoms with Gasteiger partial charge in [-0.1, -0.05) is 6.92 Å². The van der Waals surface area contributed by atoms with Crippen LogP contribution in [0.5, 0.6) is 11.5 Å². The summed E-state index contributed by atoms with van der Waals surface area (Å²) >= 11 is 3.25. The number of nitrogens with two attached hydrogens (primary N) is 1. The number of pyridine rings is 1. The standard InChI is InChI=1S/C14H14BrFN2O/c1-2-12(17)13-5-4-10(8-18-13)19-14-6-3-9(16)7-11(14)15/h3-8,12H,2,17H2,1H3/t12-/m1/s1.